The summed E-state index contributed by atoms with van der Waals surface area (Å²) in [5.74, 6) is 1.56. The zero-order valence-corrected chi connectivity index (χ0v) is 13.8. The SMILES string of the molecule is CC(C)[C@@H]1CCN(CC2CCN(C(C)C)CC2)C[C@H]1F. The van der Waals surface area contributed by atoms with Crippen LogP contribution in [0.4, 0.5) is 4.39 Å². The molecule has 0 radical (unpaired) electrons. The number of halogens is 1. The third-order valence-corrected chi connectivity index (χ3v) is 5.43. The van der Waals surface area contributed by atoms with Gasteiger partial charge < -0.3 is 9.80 Å². The minimum atomic E-state index is -0.612. The molecule has 3 heteroatoms. The highest BCUT2D eigenvalue weighted by Crippen LogP contribution is 2.29. The van der Waals surface area contributed by atoms with Crippen LogP contribution in [0, 0.1) is 17.8 Å². The van der Waals surface area contributed by atoms with Crippen molar-refractivity contribution in [3.63, 3.8) is 0 Å². The Kier molecular flexibility index (Phi) is 5.85. The number of likely N-dealkylation sites (tertiary alicyclic amines) is 2. The zero-order valence-electron chi connectivity index (χ0n) is 13.8. The van der Waals surface area contributed by atoms with Crippen molar-refractivity contribution < 1.29 is 4.39 Å². The lowest BCUT2D eigenvalue weighted by Crippen LogP contribution is -2.47. The fourth-order valence-electron chi connectivity index (χ4n) is 3.92. The van der Waals surface area contributed by atoms with Gasteiger partial charge in [-0.15, -0.1) is 0 Å². The molecule has 2 atom stereocenters. The first-order valence-corrected chi connectivity index (χ1v) is 8.57. The number of rotatable bonds is 4. The molecule has 2 saturated heterocycles. The average molecular weight is 284 g/mol. The van der Waals surface area contributed by atoms with E-state index in [1.807, 2.05) is 0 Å². The summed E-state index contributed by atoms with van der Waals surface area (Å²) in [5.41, 5.74) is 0. The largest absolute Gasteiger partial charge is 0.301 e. The maximum absolute atomic E-state index is 14.2. The van der Waals surface area contributed by atoms with Crippen LogP contribution in [-0.4, -0.2) is 54.7 Å². The maximum atomic E-state index is 14.2. The maximum Gasteiger partial charge on any atom is 0.116 e. The second kappa shape index (κ2) is 7.22. The summed E-state index contributed by atoms with van der Waals surface area (Å²) in [7, 11) is 0. The van der Waals surface area contributed by atoms with Crippen LogP contribution in [0.5, 0.6) is 0 Å². The number of hydrogen-bond donors (Lipinski definition) is 0. The molecular weight excluding hydrogens is 251 g/mol. The second-order valence-electron chi connectivity index (χ2n) is 7.55. The van der Waals surface area contributed by atoms with Crippen molar-refractivity contribution in [3.05, 3.63) is 0 Å². The predicted octanol–water partition coefficient (Wildman–Crippen LogP) is 3.42. The molecule has 0 aliphatic carbocycles. The van der Waals surface area contributed by atoms with Crippen LogP contribution in [-0.2, 0) is 0 Å². The van der Waals surface area contributed by atoms with Gasteiger partial charge in [0.2, 0.25) is 0 Å². The second-order valence-corrected chi connectivity index (χ2v) is 7.55. The summed E-state index contributed by atoms with van der Waals surface area (Å²) in [6.07, 6.45) is 3.02. The standard InChI is InChI=1S/C17H33FN2/c1-13(2)16-7-8-19(12-17(16)18)11-15-5-9-20(10-6-15)14(3)4/h13-17H,5-12H2,1-4H3/t16-,17+/m0/s1. The summed E-state index contributed by atoms with van der Waals surface area (Å²) in [6.45, 7) is 14.2. The van der Waals surface area contributed by atoms with Crippen molar-refractivity contribution in [2.24, 2.45) is 17.8 Å². The van der Waals surface area contributed by atoms with Gasteiger partial charge in [0.1, 0.15) is 6.17 Å². The normalized spacial score (nSPS) is 31.4. The van der Waals surface area contributed by atoms with Gasteiger partial charge in [0.05, 0.1) is 0 Å². The fourth-order valence-corrected chi connectivity index (χ4v) is 3.92. The van der Waals surface area contributed by atoms with E-state index >= 15 is 0 Å². The van der Waals surface area contributed by atoms with Gasteiger partial charge in [0.25, 0.3) is 0 Å². The monoisotopic (exact) mass is 284 g/mol. The van der Waals surface area contributed by atoms with E-state index in [4.69, 9.17) is 0 Å². The highest BCUT2D eigenvalue weighted by atomic mass is 19.1. The summed E-state index contributed by atoms with van der Waals surface area (Å²) in [5, 5.41) is 0. The van der Waals surface area contributed by atoms with Crippen LogP contribution < -0.4 is 0 Å². The lowest BCUT2D eigenvalue weighted by molar-refractivity contribution is 0.0420. The van der Waals surface area contributed by atoms with Crippen molar-refractivity contribution in [2.45, 2.75) is 59.2 Å². The molecule has 2 fully saturated rings. The van der Waals surface area contributed by atoms with Gasteiger partial charge in [-0.2, -0.15) is 0 Å². The van der Waals surface area contributed by atoms with E-state index in [0.29, 0.717) is 18.5 Å². The first kappa shape index (κ1) is 16.2. The van der Waals surface area contributed by atoms with Gasteiger partial charge in [-0.25, -0.2) is 4.39 Å². The molecule has 0 unspecified atom stereocenters. The predicted molar refractivity (Wildman–Crippen MR) is 83.7 cm³/mol. The van der Waals surface area contributed by atoms with Crippen molar-refractivity contribution in [3.8, 4) is 0 Å². The van der Waals surface area contributed by atoms with Crippen molar-refractivity contribution in [2.75, 3.05) is 32.7 Å². The van der Waals surface area contributed by atoms with Gasteiger partial charge in [-0.1, -0.05) is 13.8 Å². The molecule has 0 aromatic rings. The summed E-state index contributed by atoms with van der Waals surface area (Å²) in [4.78, 5) is 4.96. The molecule has 0 N–H and O–H groups in total. The third-order valence-electron chi connectivity index (χ3n) is 5.43. The van der Waals surface area contributed by atoms with Crippen LogP contribution in [0.25, 0.3) is 0 Å². The van der Waals surface area contributed by atoms with Crippen LogP contribution in [0.1, 0.15) is 47.0 Å². The molecule has 2 heterocycles. The first-order valence-electron chi connectivity index (χ1n) is 8.57. The van der Waals surface area contributed by atoms with Gasteiger partial charge >= 0.3 is 0 Å². The molecule has 2 rings (SSSR count). The lowest BCUT2D eigenvalue weighted by Gasteiger charge is -2.40. The molecule has 2 aliphatic heterocycles. The van der Waals surface area contributed by atoms with Gasteiger partial charge in [-0.05, 0) is 70.5 Å². The summed E-state index contributed by atoms with van der Waals surface area (Å²) < 4.78 is 14.2. The summed E-state index contributed by atoms with van der Waals surface area (Å²) in [6, 6.07) is 0.674. The highest BCUT2D eigenvalue weighted by Gasteiger charge is 2.32. The smallest absolute Gasteiger partial charge is 0.116 e. The molecule has 0 aromatic carbocycles. The minimum Gasteiger partial charge on any atom is -0.301 e. The number of nitrogens with zero attached hydrogens (tertiary/aromatic N) is 2. The average Bonchev–Trinajstić information content (AvgIpc) is 2.39. The molecule has 2 aliphatic rings. The van der Waals surface area contributed by atoms with Crippen molar-refractivity contribution >= 4 is 0 Å². The van der Waals surface area contributed by atoms with E-state index in [1.165, 1.54) is 25.9 Å². The Labute approximate surface area is 124 Å². The number of piperidine rings is 2. The first-order chi connectivity index (χ1) is 9.47. The molecule has 0 aromatic heterocycles. The van der Waals surface area contributed by atoms with E-state index in [-0.39, 0.29) is 5.92 Å². The Morgan fingerprint density at radius 2 is 1.65 bits per heavy atom. The third kappa shape index (κ3) is 4.17. The van der Waals surface area contributed by atoms with E-state index in [0.717, 1.165) is 25.4 Å². The molecule has 118 valence electrons. The van der Waals surface area contributed by atoms with Gasteiger partial charge in [0.15, 0.2) is 0 Å². The Balaban J connectivity index is 1.73. The molecule has 0 bridgehead atoms. The van der Waals surface area contributed by atoms with E-state index in [1.54, 1.807) is 0 Å². The van der Waals surface area contributed by atoms with Gasteiger partial charge in [0, 0.05) is 19.1 Å². The Bertz CT molecular complexity index is 285. The van der Waals surface area contributed by atoms with Crippen molar-refractivity contribution in [1.29, 1.82) is 0 Å². The fraction of sp³-hybridized carbons (Fsp3) is 1.00. The zero-order chi connectivity index (χ0) is 14.7. The van der Waals surface area contributed by atoms with E-state index in [2.05, 4.69) is 37.5 Å². The Hall–Kier alpha value is -0.150. The van der Waals surface area contributed by atoms with Crippen LogP contribution in [0.2, 0.25) is 0 Å². The molecule has 0 amide bonds. The number of alkyl halides is 1. The molecule has 20 heavy (non-hydrogen) atoms. The summed E-state index contributed by atoms with van der Waals surface area (Å²) >= 11 is 0. The van der Waals surface area contributed by atoms with E-state index in [9.17, 15) is 4.39 Å². The molecule has 2 nitrogen and oxygen atoms in total. The highest BCUT2D eigenvalue weighted by molar-refractivity contribution is 4.84. The molecular formula is C17H33FN2. The van der Waals surface area contributed by atoms with E-state index < -0.39 is 6.17 Å². The lowest BCUT2D eigenvalue weighted by atomic mass is 9.84. The van der Waals surface area contributed by atoms with Crippen LogP contribution >= 0.6 is 0 Å². The number of hydrogen-bond acceptors (Lipinski definition) is 2. The Morgan fingerprint density at radius 3 is 2.15 bits per heavy atom. The van der Waals surface area contributed by atoms with Gasteiger partial charge in [-0.3, -0.25) is 0 Å². The topological polar surface area (TPSA) is 6.48 Å². The minimum absolute atomic E-state index is 0.286. The molecule has 0 saturated carbocycles. The Morgan fingerprint density at radius 1 is 1.00 bits per heavy atom. The van der Waals surface area contributed by atoms with Crippen LogP contribution in [0.15, 0.2) is 0 Å². The quantitative estimate of drug-likeness (QED) is 0.780. The van der Waals surface area contributed by atoms with Crippen LogP contribution in [0.3, 0.4) is 0 Å². The van der Waals surface area contributed by atoms with Crippen molar-refractivity contribution in [1.82, 2.24) is 9.80 Å². The molecule has 0 spiro atoms.